The first-order valence-corrected chi connectivity index (χ1v) is 7.31. The van der Waals surface area contributed by atoms with Crippen LogP contribution in [0, 0.1) is 6.92 Å². The molecule has 0 saturated heterocycles. The first kappa shape index (κ1) is 11.7. The zero-order valence-corrected chi connectivity index (χ0v) is 11.3. The topological polar surface area (TPSA) is 17.1 Å². The first-order valence-electron chi connectivity index (χ1n) is 6.43. The number of Topliss-reactive ketones (excluding diaryl/α,β-unsaturated/α-hetero) is 1. The zero-order valence-electron chi connectivity index (χ0n) is 10.5. The van der Waals surface area contributed by atoms with Gasteiger partial charge in [0.25, 0.3) is 0 Å². The average molecular weight is 256 g/mol. The SMILES string of the molecule is Cc1cccc(C(=O)C2CCCc3sccc32)c1. The maximum atomic E-state index is 12.6. The number of hydrogen-bond donors (Lipinski definition) is 0. The predicted octanol–water partition coefficient (Wildman–Crippen LogP) is 4.36. The fraction of sp³-hybridized carbons (Fsp3) is 0.312. The van der Waals surface area contributed by atoms with E-state index in [1.807, 2.05) is 31.2 Å². The van der Waals surface area contributed by atoms with Crippen molar-refractivity contribution in [3.63, 3.8) is 0 Å². The third kappa shape index (κ3) is 2.01. The van der Waals surface area contributed by atoms with Gasteiger partial charge in [-0.2, -0.15) is 0 Å². The highest BCUT2D eigenvalue weighted by Crippen LogP contribution is 2.36. The molecule has 2 heteroatoms. The maximum Gasteiger partial charge on any atom is 0.170 e. The van der Waals surface area contributed by atoms with Gasteiger partial charge >= 0.3 is 0 Å². The summed E-state index contributed by atoms with van der Waals surface area (Å²) >= 11 is 1.79. The van der Waals surface area contributed by atoms with Crippen LogP contribution in [0.2, 0.25) is 0 Å². The Morgan fingerprint density at radius 2 is 2.22 bits per heavy atom. The van der Waals surface area contributed by atoms with Crippen molar-refractivity contribution in [3.05, 3.63) is 57.3 Å². The van der Waals surface area contributed by atoms with Gasteiger partial charge in [-0.1, -0.05) is 23.8 Å². The Morgan fingerprint density at radius 1 is 1.33 bits per heavy atom. The standard InChI is InChI=1S/C16H16OS/c1-11-4-2-5-12(10-11)16(17)14-6-3-7-15-13(14)8-9-18-15/h2,4-5,8-10,14H,3,6-7H2,1H3. The number of carbonyl (C=O) groups excluding carboxylic acids is 1. The Hall–Kier alpha value is -1.41. The highest BCUT2D eigenvalue weighted by Gasteiger charge is 2.27. The van der Waals surface area contributed by atoms with Gasteiger partial charge in [-0.15, -0.1) is 11.3 Å². The maximum absolute atomic E-state index is 12.6. The Morgan fingerprint density at radius 3 is 3.06 bits per heavy atom. The van der Waals surface area contributed by atoms with E-state index in [4.69, 9.17) is 0 Å². The number of aryl methyl sites for hydroxylation is 2. The van der Waals surface area contributed by atoms with Gasteiger partial charge in [-0.3, -0.25) is 4.79 Å². The van der Waals surface area contributed by atoms with Crippen LogP contribution in [-0.2, 0) is 6.42 Å². The van der Waals surface area contributed by atoms with Crippen LogP contribution in [0.4, 0.5) is 0 Å². The summed E-state index contributed by atoms with van der Waals surface area (Å²) in [5, 5.41) is 2.12. The summed E-state index contributed by atoms with van der Waals surface area (Å²) in [6, 6.07) is 10.1. The lowest BCUT2D eigenvalue weighted by Crippen LogP contribution is -2.17. The fourth-order valence-corrected chi connectivity index (χ4v) is 3.75. The first-order chi connectivity index (χ1) is 8.75. The number of benzene rings is 1. The third-order valence-corrected chi connectivity index (χ3v) is 4.67. The average Bonchev–Trinajstić information content (AvgIpc) is 2.86. The van der Waals surface area contributed by atoms with Gasteiger partial charge in [0.2, 0.25) is 0 Å². The van der Waals surface area contributed by atoms with E-state index >= 15 is 0 Å². The molecular weight excluding hydrogens is 240 g/mol. The van der Waals surface area contributed by atoms with Crippen LogP contribution < -0.4 is 0 Å². The lowest BCUT2D eigenvalue weighted by Gasteiger charge is -2.21. The predicted molar refractivity (Wildman–Crippen MR) is 75.5 cm³/mol. The lowest BCUT2D eigenvalue weighted by molar-refractivity contribution is 0.0951. The normalized spacial score (nSPS) is 18.4. The van der Waals surface area contributed by atoms with Gasteiger partial charge < -0.3 is 0 Å². The molecule has 2 aromatic rings. The molecule has 0 saturated carbocycles. The summed E-state index contributed by atoms with van der Waals surface area (Å²) < 4.78 is 0. The van der Waals surface area contributed by atoms with Gasteiger partial charge in [0.05, 0.1) is 0 Å². The second-order valence-electron chi connectivity index (χ2n) is 4.98. The Labute approximate surface area is 111 Å². The van der Waals surface area contributed by atoms with Gasteiger partial charge in [0.15, 0.2) is 5.78 Å². The summed E-state index contributed by atoms with van der Waals surface area (Å²) in [4.78, 5) is 14.0. The number of fused-ring (bicyclic) bond motifs is 1. The molecule has 0 radical (unpaired) electrons. The molecule has 1 aliphatic rings. The molecule has 1 aliphatic carbocycles. The zero-order chi connectivity index (χ0) is 12.5. The molecule has 92 valence electrons. The molecule has 1 aromatic carbocycles. The molecular formula is C16H16OS. The fourth-order valence-electron chi connectivity index (χ4n) is 2.76. The van der Waals surface area contributed by atoms with Crippen LogP contribution in [0.5, 0.6) is 0 Å². The Bertz CT molecular complexity index is 582. The van der Waals surface area contributed by atoms with E-state index in [0.717, 1.165) is 30.4 Å². The van der Waals surface area contributed by atoms with Gasteiger partial charge in [0, 0.05) is 16.4 Å². The molecule has 1 aromatic heterocycles. The van der Waals surface area contributed by atoms with Crippen LogP contribution in [-0.4, -0.2) is 5.78 Å². The molecule has 0 N–H and O–H groups in total. The second-order valence-corrected chi connectivity index (χ2v) is 5.98. The van der Waals surface area contributed by atoms with Gasteiger partial charge in [-0.25, -0.2) is 0 Å². The van der Waals surface area contributed by atoms with Crippen LogP contribution in [0.3, 0.4) is 0 Å². The molecule has 1 heterocycles. The Kier molecular flexibility index (Phi) is 3.04. The van der Waals surface area contributed by atoms with Crippen molar-refractivity contribution < 1.29 is 4.79 Å². The minimum Gasteiger partial charge on any atom is -0.293 e. The number of thiophene rings is 1. The molecule has 0 fully saturated rings. The lowest BCUT2D eigenvalue weighted by atomic mass is 9.82. The van der Waals surface area contributed by atoms with Crippen molar-refractivity contribution in [1.29, 1.82) is 0 Å². The van der Waals surface area contributed by atoms with Gasteiger partial charge in [0.1, 0.15) is 0 Å². The summed E-state index contributed by atoms with van der Waals surface area (Å²) in [6.45, 7) is 2.04. The van der Waals surface area contributed by atoms with E-state index in [1.165, 1.54) is 10.4 Å². The molecule has 18 heavy (non-hydrogen) atoms. The third-order valence-electron chi connectivity index (χ3n) is 3.67. The van der Waals surface area contributed by atoms with Crippen molar-refractivity contribution in [2.45, 2.75) is 32.1 Å². The van der Waals surface area contributed by atoms with Crippen LogP contribution in [0.25, 0.3) is 0 Å². The molecule has 1 unspecified atom stereocenters. The molecule has 0 amide bonds. The van der Waals surface area contributed by atoms with Gasteiger partial charge in [-0.05, 0) is 49.3 Å². The molecule has 0 bridgehead atoms. The van der Waals surface area contributed by atoms with E-state index in [2.05, 4.69) is 11.4 Å². The molecule has 0 aliphatic heterocycles. The summed E-state index contributed by atoms with van der Waals surface area (Å²) in [7, 11) is 0. The minimum atomic E-state index is 0.0850. The quantitative estimate of drug-likeness (QED) is 0.730. The highest BCUT2D eigenvalue weighted by molar-refractivity contribution is 7.10. The summed E-state index contributed by atoms with van der Waals surface area (Å²) in [5.41, 5.74) is 3.29. The van der Waals surface area contributed by atoms with Crippen LogP contribution in [0.1, 0.15) is 45.1 Å². The van der Waals surface area contributed by atoms with E-state index in [0.29, 0.717) is 0 Å². The number of hydrogen-bond acceptors (Lipinski definition) is 2. The smallest absolute Gasteiger partial charge is 0.170 e. The molecule has 1 atom stereocenters. The second kappa shape index (κ2) is 4.69. The summed E-state index contributed by atoms with van der Waals surface area (Å²) in [6.07, 6.45) is 3.27. The van der Waals surface area contributed by atoms with Crippen molar-refractivity contribution in [2.75, 3.05) is 0 Å². The van der Waals surface area contributed by atoms with E-state index in [9.17, 15) is 4.79 Å². The molecule has 0 spiro atoms. The molecule has 3 rings (SSSR count). The molecule has 1 nitrogen and oxygen atoms in total. The monoisotopic (exact) mass is 256 g/mol. The number of ketones is 1. The number of carbonyl (C=O) groups is 1. The van der Waals surface area contributed by atoms with Crippen molar-refractivity contribution >= 4 is 17.1 Å². The largest absolute Gasteiger partial charge is 0.293 e. The van der Waals surface area contributed by atoms with Crippen molar-refractivity contribution in [3.8, 4) is 0 Å². The minimum absolute atomic E-state index is 0.0850. The van der Waals surface area contributed by atoms with Crippen molar-refractivity contribution in [2.24, 2.45) is 0 Å². The van der Waals surface area contributed by atoms with Crippen LogP contribution in [0.15, 0.2) is 35.7 Å². The summed E-state index contributed by atoms with van der Waals surface area (Å²) in [5.74, 6) is 0.375. The van der Waals surface area contributed by atoms with E-state index in [-0.39, 0.29) is 11.7 Å². The number of rotatable bonds is 2. The van der Waals surface area contributed by atoms with Crippen molar-refractivity contribution in [1.82, 2.24) is 0 Å². The van der Waals surface area contributed by atoms with E-state index in [1.54, 1.807) is 11.3 Å². The Balaban J connectivity index is 1.95. The highest BCUT2D eigenvalue weighted by atomic mass is 32.1. The van der Waals surface area contributed by atoms with Crippen LogP contribution >= 0.6 is 11.3 Å². The van der Waals surface area contributed by atoms with E-state index < -0.39 is 0 Å².